The Morgan fingerprint density at radius 1 is 1.26 bits per heavy atom. The number of fused-ring (bicyclic) bond motifs is 1. The van der Waals surface area contributed by atoms with Gasteiger partial charge in [0.05, 0.1) is 13.2 Å². The van der Waals surface area contributed by atoms with Crippen LogP contribution in [0.25, 0.3) is 6.08 Å². The number of alkyl halides is 3. The van der Waals surface area contributed by atoms with Gasteiger partial charge < -0.3 is 19.3 Å². The minimum Gasteiger partial charge on any atom is -0.508 e. The van der Waals surface area contributed by atoms with Gasteiger partial charge in [-0.05, 0) is 31.1 Å². The molecule has 0 aliphatic carbocycles. The van der Waals surface area contributed by atoms with Crippen LogP contribution in [0, 0.1) is 5.92 Å². The van der Waals surface area contributed by atoms with Gasteiger partial charge in [-0.15, -0.1) is 0 Å². The van der Waals surface area contributed by atoms with Crippen LogP contribution in [0.3, 0.4) is 0 Å². The second kappa shape index (κ2) is 8.21. The summed E-state index contributed by atoms with van der Waals surface area (Å²) in [6.45, 7) is 4.83. The zero-order valence-corrected chi connectivity index (χ0v) is 15.4. The zero-order chi connectivity index (χ0) is 20.2. The predicted molar refractivity (Wildman–Crippen MR) is 92.2 cm³/mol. The first-order chi connectivity index (χ1) is 12.7. The summed E-state index contributed by atoms with van der Waals surface area (Å²) in [4.78, 5) is 12.3. The quantitative estimate of drug-likeness (QED) is 0.700. The Hall–Kier alpha value is -2.22. The molecular formula is C19H23F3O5. The van der Waals surface area contributed by atoms with Crippen molar-refractivity contribution in [2.45, 2.75) is 45.6 Å². The Morgan fingerprint density at radius 2 is 1.93 bits per heavy atom. The highest BCUT2D eigenvalue weighted by molar-refractivity contribution is 5.97. The number of phenols is 1. The molecule has 1 aliphatic heterocycles. The van der Waals surface area contributed by atoms with Gasteiger partial charge in [-0.3, -0.25) is 0 Å². The Bertz CT molecular complexity index is 710. The van der Waals surface area contributed by atoms with E-state index in [1.165, 1.54) is 19.1 Å². The van der Waals surface area contributed by atoms with Crippen LogP contribution in [0.4, 0.5) is 13.2 Å². The van der Waals surface area contributed by atoms with Crippen molar-refractivity contribution < 1.29 is 37.3 Å². The van der Waals surface area contributed by atoms with Crippen molar-refractivity contribution in [3.63, 3.8) is 0 Å². The molecule has 1 atom stereocenters. The molecule has 0 amide bonds. The largest absolute Gasteiger partial charge is 0.508 e. The number of aromatic hydroxyl groups is 1. The van der Waals surface area contributed by atoms with E-state index < -0.39 is 23.5 Å². The van der Waals surface area contributed by atoms with Crippen LogP contribution in [-0.2, 0) is 14.3 Å². The number of hydrogen-bond acceptors (Lipinski definition) is 5. The van der Waals surface area contributed by atoms with Crippen LogP contribution >= 0.6 is 0 Å². The molecule has 1 unspecified atom stereocenters. The number of benzene rings is 1. The summed E-state index contributed by atoms with van der Waals surface area (Å²) in [6, 6.07) is 3.69. The Kier molecular flexibility index (Phi) is 6.41. The van der Waals surface area contributed by atoms with E-state index >= 15 is 0 Å². The van der Waals surface area contributed by atoms with E-state index in [0.29, 0.717) is 12.8 Å². The molecule has 150 valence electrons. The monoisotopic (exact) mass is 388 g/mol. The first-order valence-corrected chi connectivity index (χ1v) is 8.80. The maximum Gasteiger partial charge on any atom is 0.460 e. The van der Waals surface area contributed by atoms with Gasteiger partial charge in [-0.2, -0.15) is 13.2 Å². The van der Waals surface area contributed by atoms with E-state index in [9.17, 15) is 23.1 Å². The first kappa shape index (κ1) is 21.1. The smallest absolute Gasteiger partial charge is 0.460 e. The van der Waals surface area contributed by atoms with E-state index in [1.807, 2.05) is 13.8 Å². The fraction of sp³-hybridized carbons (Fsp3) is 0.526. The van der Waals surface area contributed by atoms with Crippen molar-refractivity contribution in [3.05, 3.63) is 29.3 Å². The van der Waals surface area contributed by atoms with Gasteiger partial charge in [-0.25, -0.2) is 4.79 Å². The third-order valence-corrected chi connectivity index (χ3v) is 4.45. The lowest BCUT2D eigenvalue weighted by atomic mass is 9.97. The molecule has 0 radical (unpaired) electrons. The molecule has 5 nitrogen and oxygen atoms in total. The zero-order valence-electron chi connectivity index (χ0n) is 15.4. The van der Waals surface area contributed by atoms with Crippen LogP contribution in [-0.4, -0.2) is 36.3 Å². The van der Waals surface area contributed by atoms with Crippen LogP contribution in [0.15, 0.2) is 23.8 Å². The van der Waals surface area contributed by atoms with Crippen molar-refractivity contribution in [1.82, 2.24) is 0 Å². The van der Waals surface area contributed by atoms with Gasteiger partial charge in [-0.1, -0.05) is 26.7 Å². The van der Waals surface area contributed by atoms with Crippen LogP contribution < -0.4 is 4.74 Å². The standard InChI is InChI=1S/C19H23F3O5/c1-4-12(5-2)11-26-18(19(20,21)22)15(17(24)25-6-3)9-13-7-8-14(23)10-16(13)27-18/h7-10,12,23H,4-6,11H2,1-3H3. The normalized spacial score (nSPS) is 19.3. The number of carbonyl (C=O) groups is 1. The number of rotatable bonds is 7. The molecule has 0 fully saturated rings. The van der Waals surface area contributed by atoms with Crippen LogP contribution in [0.5, 0.6) is 11.5 Å². The molecule has 1 aromatic carbocycles. The van der Waals surface area contributed by atoms with Gasteiger partial charge in [0.15, 0.2) is 0 Å². The Labute approximate surface area is 155 Å². The molecule has 1 N–H and O–H groups in total. The predicted octanol–water partition coefficient (Wildman–Crippen LogP) is 4.44. The third kappa shape index (κ3) is 4.21. The molecule has 1 aliphatic rings. The third-order valence-electron chi connectivity index (χ3n) is 4.45. The summed E-state index contributed by atoms with van der Waals surface area (Å²) >= 11 is 0. The molecule has 0 bridgehead atoms. The van der Waals surface area contributed by atoms with Gasteiger partial charge >= 0.3 is 17.9 Å². The maximum absolute atomic E-state index is 14.1. The van der Waals surface area contributed by atoms with Gasteiger partial charge in [0.25, 0.3) is 0 Å². The fourth-order valence-corrected chi connectivity index (χ4v) is 2.75. The summed E-state index contributed by atoms with van der Waals surface area (Å²) in [7, 11) is 0. The molecule has 0 saturated carbocycles. The SMILES string of the molecule is CCOC(=O)C1=Cc2ccc(O)cc2OC1(OCC(CC)CC)C(F)(F)F. The number of carbonyl (C=O) groups excluding carboxylic acids is 1. The summed E-state index contributed by atoms with van der Waals surface area (Å²) in [5.41, 5.74) is -0.567. The molecule has 1 heterocycles. The van der Waals surface area contributed by atoms with Gasteiger partial charge in [0, 0.05) is 11.6 Å². The molecule has 0 aromatic heterocycles. The fourth-order valence-electron chi connectivity index (χ4n) is 2.75. The average molecular weight is 388 g/mol. The average Bonchev–Trinajstić information content (AvgIpc) is 2.60. The van der Waals surface area contributed by atoms with Crippen molar-refractivity contribution in [2.75, 3.05) is 13.2 Å². The summed E-state index contributed by atoms with van der Waals surface area (Å²) in [6.07, 6.45) is -2.79. The minimum absolute atomic E-state index is 0.0981. The second-order valence-corrected chi connectivity index (χ2v) is 6.21. The molecule has 8 heteroatoms. The summed E-state index contributed by atoms with van der Waals surface area (Å²) in [5, 5.41) is 9.60. The first-order valence-electron chi connectivity index (χ1n) is 8.80. The minimum atomic E-state index is -5.05. The molecule has 1 aromatic rings. The van der Waals surface area contributed by atoms with E-state index in [0.717, 1.165) is 12.1 Å². The van der Waals surface area contributed by atoms with Crippen molar-refractivity contribution in [3.8, 4) is 11.5 Å². The lowest BCUT2D eigenvalue weighted by molar-refractivity contribution is -0.336. The Morgan fingerprint density at radius 3 is 2.48 bits per heavy atom. The van der Waals surface area contributed by atoms with E-state index in [-0.39, 0.29) is 36.2 Å². The molecule has 0 saturated heterocycles. The highest BCUT2D eigenvalue weighted by atomic mass is 19.4. The topological polar surface area (TPSA) is 65.0 Å². The summed E-state index contributed by atoms with van der Waals surface area (Å²) in [5.74, 6) is -5.11. The van der Waals surface area contributed by atoms with Crippen molar-refractivity contribution in [2.24, 2.45) is 5.92 Å². The number of esters is 1. The summed E-state index contributed by atoms with van der Waals surface area (Å²) < 4.78 is 57.7. The highest BCUT2D eigenvalue weighted by Gasteiger charge is 2.65. The number of halogens is 3. The van der Waals surface area contributed by atoms with Crippen LogP contribution in [0.2, 0.25) is 0 Å². The Balaban J connectivity index is 2.58. The number of hydrogen-bond donors (Lipinski definition) is 1. The van der Waals surface area contributed by atoms with Gasteiger partial charge in [0.1, 0.15) is 17.1 Å². The molecular weight excluding hydrogens is 365 g/mol. The molecule has 0 spiro atoms. The second-order valence-electron chi connectivity index (χ2n) is 6.21. The maximum atomic E-state index is 14.1. The van der Waals surface area contributed by atoms with Crippen LogP contribution in [0.1, 0.15) is 39.2 Å². The lowest BCUT2D eigenvalue weighted by Crippen LogP contribution is -2.57. The highest BCUT2D eigenvalue weighted by Crippen LogP contribution is 2.47. The number of phenolic OH excluding ortho intramolecular Hbond substituents is 1. The van der Waals surface area contributed by atoms with E-state index in [4.69, 9.17) is 14.2 Å². The van der Waals surface area contributed by atoms with E-state index in [2.05, 4.69) is 0 Å². The van der Waals surface area contributed by atoms with E-state index in [1.54, 1.807) is 0 Å². The number of ether oxygens (including phenoxy) is 3. The van der Waals surface area contributed by atoms with Crippen molar-refractivity contribution >= 4 is 12.0 Å². The van der Waals surface area contributed by atoms with Gasteiger partial charge in [0.2, 0.25) is 0 Å². The molecule has 2 rings (SSSR count). The van der Waals surface area contributed by atoms with Crippen molar-refractivity contribution in [1.29, 1.82) is 0 Å². The lowest BCUT2D eigenvalue weighted by Gasteiger charge is -2.39. The molecule has 27 heavy (non-hydrogen) atoms.